The zero-order chi connectivity index (χ0) is 14.2. The molecule has 2 unspecified atom stereocenters. The molecule has 1 heterocycles. The van der Waals surface area contributed by atoms with Gasteiger partial charge in [-0.15, -0.1) is 0 Å². The van der Waals surface area contributed by atoms with Gasteiger partial charge in [-0.25, -0.2) is 0 Å². The summed E-state index contributed by atoms with van der Waals surface area (Å²) in [4.78, 5) is 0. The lowest BCUT2D eigenvalue weighted by molar-refractivity contribution is 0.00512. The van der Waals surface area contributed by atoms with Crippen LogP contribution in [0.25, 0.3) is 0 Å². The second-order valence-corrected chi connectivity index (χ2v) is 5.34. The van der Waals surface area contributed by atoms with Crippen molar-refractivity contribution in [1.29, 1.82) is 0 Å². The van der Waals surface area contributed by atoms with E-state index in [4.69, 9.17) is 9.47 Å². The molecule has 0 bridgehead atoms. The monoisotopic (exact) mass is 277 g/mol. The van der Waals surface area contributed by atoms with Gasteiger partial charge >= 0.3 is 0 Å². The minimum absolute atomic E-state index is 0.350. The lowest BCUT2D eigenvalue weighted by Crippen LogP contribution is -2.28. The first-order valence-electron chi connectivity index (χ1n) is 7.91. The highest BCUT2D eigenvalue weighted by atomic mass is 16.5. The summed E-state index contributed by atoms with van der Waals surface area (Å²) < 4.78 is 11.5. The summed E-state index contributed by atoms with van der Waals surface area (Å²) in [5.74, 6) is 0.956. The van der Waals surface area contributed by atoms with Gasteiger partial charge in [-0.1, -0.05) is 19.1 Å². The van der Waals surface area contributed by atoms with E-state index in [0.717, 1.165) is 25.3 Å². The van der Waals surface area contributed by atoms with Crippen molar-refractivity contribution >= 4 is 0 Å². The van der Waals surface area contributed by atoms with Crippen LogP contribution in [0, 0.1) is 0 Å². The minimum Gasteiger partial charge on any atom is -0.494 e. The van der Waals surface area contributed by atoms with Gasteiger partial charge in [-0.2, -0.15) is 0 Å². The lowest BCUT2D eigenvalue weighted by Gasteiger charge is -2.28. The fourth-order valence-electron chi connectivity index (χ4n) is 2.83. The quantitative estimate of drug-likeness (QED) is 0.824. The van der Waals surface area contributed by atoms with Gasteiger partial charge in [0.2, 0.25) is 0 Å². The Kier molecular flexibility index (Phi) is 6.34. The molecule has 20 heavy (non-hydrogen) atoms. The molecular weight excluding hydrogens is 250 g/mol. The van der Waals surface area contributed by atoms with Crippen LogP contribution in [0.2, 0.25) is 0 Å². The zero-order valence-electron chi connectivity index (χ0n) is 12.7. The molecule has 1 aromatic carbocycles. The SMILES string of the molecule is CCNC(CC1CCCCO1)c1cccc(OCC)c1. The van der Waals surface area contributed by atoms with E-state index in [0.29, 0.717) is 18.8 Å². The fourth-order valence-corrected chi connectivity index (χ4v) is 2.83. The Morgan fingerprint density at radius 3 is 2.95 bits per heavy atom. The first-order valence-corrected chi connectivity index (χ1v) is 7.91. The smallest absolute Gasteiger partial charge is 0.119 e. The average molecular weight is 277 g/mol. The largest absolute Gasteiger partial charge is 0.494 e. The van der Waals surface area contributed by atoms with E-state index in [2.05, 4.69) is 30.4 Å². The number of hydrogen-bond acceptors (Lipinski definition) is 3. The number of hydrogen-bond donors (Lipinski definition) is 1. The maximum Gasteiger partial charge on any atom is 0.119 e. The standard InChI is InChI=1S/C17H27NO2/c1-3-18-17(13-16-9-5-6-11-20-16)14-8-7-10-15(12-14)19-4-2/h7-8,10,12,16-18H,3-6,9,11,13H2,1-2H3. The molecule has 3 heteroatoms. The van der Waals surface area contributed by atoms with Crippen molar-refractivity contribution in [1.82, 2.24) is 5.32 Å². The molecule has 0 aliphatic carbocycles. The Hall–Kier alpha value is -1.06. The second kappa shape index (κ2) is 8.28. The average Bonchev–Trinajstić information content (AvgIpc) is 2.49. The number of nitrogens with one attached hydrogen (secondary N) is 1. The van der Waals surface area contributed by atoms with Crippen LogP contribution in [-0.4, -0.2) is 25.9 Å². The molecule has 1 N–H and O–H groups in total. The Labute approximate surface area is 122 Å². The third-order valence-corrected chi connectivity index (χ3v) is 3.79. The van der Waals surface area contributed by atoms with E-state index >= 15 is 0 Å². The topological polar surface area (TPSA) is 30.5 Å². The molecule has 1 saturated heterocycles. The van der Waals surface area contributed by atoms with E-state index in [1.165, 1.54) is 24.8 Å². The van der Waals surface area contributed by atoms with Crippen LogP contribution in [0.1, 0.15) is 51.1 Å². The first kappa shape index (κ1) is 15.3. The molecule has 2 atom stereocenters. The summed E-state index contributed by atoms with van der Waals surface area (Å²) in [6.07, 6.45) is 5.13. The van der Waals surface area contributed by atoms with Gasteiger partial charge in [0.1, 0.15) is 5.75 Å². The van der Waals surface area contributed by atoms with Crippen LogP contribution in [0.5, 0.6) is 5.75 Å². The van der Waals surface area contributed by atoms with Crippen LogP contribution in [0.4, 0.5) is 0 Å². The van der Waals surface area contributed by atoms with Crippen LogP contribution in [0.3, 0.4) is 0 Å². The van der Waals surface area contributed by atoms with Gasteiger partial charge in [0.25, 0.3) is 0 Å². The van der Waals surface area contributed by atoms with E-state index in [1.807, 2.05) is 13.0 Å². The van der Waals surface area contributed by atoms with E-state index in [-0.39, 0.29) is 0 Å². The summed E-state index contributed by atoms with van der Waals surface area (Å²) in [5, 5.41) is 3.58. The van der Waals surface area contributed by atoms with Crippen LogP contribution < -0.4 is 10.1 Å². The molecule has 0 aromatic heterocycles. The third-order valence-electron chi connectivity index (χ3n) is 3.79. The van der Waals surface area contributed by atoms with Gasteiger partial charge < -0.3 is 14.8 Å². The molecular formula is C17H27NO2. The molecule has 1 aromatic rings. The molecule has 0 radical (unpaired) electrons. The van der Waals surface area contributed by atoms with Gasteiger partial charge in [-0.05, 0) is 56.8 Å². The van der Waals surface area contributed by atoms with E-state index in [1.54, 1.807) is 0 Å². The maximum absolute atomic E-state index is 5.88. The maximum atomic E-state index is 5.88. The molecule has 2 rings (SSSR count). The Bertz CT molecular complexity index is 388. The number of rotatable bonds is 7. The Morgan fingerprint density at radius 1 is 1.35 bits per heavy atom. The third kappa shape index (κ3) is 4.50. The van der Waals surface area contributed by atoms with Gasteiger partial charge in [0, 0.05) is 12.6 Å². The normalized spacial score (nSPS) is 20.6. The Balaban J connectivity index is 2.04. The van der Waals surface area contributed by atoms with Gasteiger partial charge in [-0.3, -0.25) is 0 Å². The zero-order valence-corrected chi connectivity index (χ0v) is 12.7. The van der Waals surface area contributed by atoms with Crippen molar-refractivity contribution in [2.75, 3.05) is 19.8 Å². The highest BCUT2D eigenvalue weighted by molar-refractivity contribution is 5.30. The van der Waals surface area contributed by atoms with Crippen molar-refractivity contribution in [3.05, 3.63) is 29.8 Å². The molecule has 1 fully saturated rings. The van der Waals surface area contributed by atoms with Crippen molar-refractivity contribution in [2.24, 2.45) is 0 Å². The predicted molar refractivity (Wildman–Crippen MR) is 82.2 cm³/mol. The van der Waals surface area contributed by atoms with Gasteiger partial charge in [0.15, 0.2) is 0 Å². The number of benzene rings is 1. The molecule has 0 amide bonds. The van der Waals surface area contributed by atoms with Crippen LogP contribution in [-0.2, 0) is 4.74 Å². The van der Waals surface area contributed by atoms with Crippen LogP contribution in [0.15, 0.2) is 24.3 Å². The molecule has 112 valence electrons. The highest BCUT2D eigenvalue weighted by Gasteiger charge is 2.20. The predicted octanol–water partition coefficient (Wildman–Crippen LogP) is 3.70. The van der Waals surface area contributed by atoms with Crippen molar-refractivity contribution < 1.29 is 9.47 Å². The fraction of sp³-hybridized carbons (Fsp3) is 0.647. The Morgan fingerprint density at radius 2 is 2.25 bits per heavy atom. The highest BCUT2D eigenvalue weighted by Crippen LogP contribution is 2.27. The summed E-state index contributed by atoms with van der Waals surface area (Å²) in [5.41, 5.74) is 1.30. The molecule has 0 spiro atoms. The molecule has 1 aliphatic rings. The minimum atomic E-state index is 0.350. The first-order chi connectivity index (χ1) is 9.83. The van der Waals surface area contributed by atoms with E-state index < -0.39 is 0 Å². The number of ether oxygens (including phenoxy) is 2. The van der Waals surface area contributed by atoms with Gasteiger partial charge in [0.05, 0.1) is 12.7 Å². The van der Waals surface area contributed by atoms with Crippen LogP contribution >= 0.6 is 0 Å². The summed E-state index contributed by atoms with van der Waals surface area (Å²) >= 11 is 0. The van der Waals surface area contributed by atoms with Crippen molar-refractivity contribution in [2.45, 2.75) is 51.7 Å². The van der Waals surface area contributed by atoms with E-state index in [9.17, 15) is 0 Å². The summed E-state index contributed by atoms with van der Waals surface area (Å²) in [6.45, 7) is 6.77. The summed E-state index contributed by atoms with van der Waals surface area (Å²) in [6, 6.07) is 8.78. The summed E-state index contributed by atoms with van der Waals surface area (Å²) in [7, 11) is 0. The lowest BCUT2D eigenvalue weighted by atomic mass is 9.96. The molecule has 1 aliphatic heterocycles. The second-order valence-electron chi connectivity index (χ2n) is 5.34. The van der Waals surface area contributed by atoms with Crippen molar-refractivity contribution in [3.63, 3.8) is 0 Å². The van der Waals surface area contributed by atoms with Crippen molar-refractivity contribution in [3.8, 4) is 5.75 Å². The molecule has 0 saturated carbocycles. The molecule has 3 nitrogen and oxygen atoms in total.